The summed E-state index contributed by atoms with van der Waals surface area (Å²) < 4.78 is 0. The Labute approximate surface area is 74.0 Å². The highest BCUT2D eigenvalue weighted by molar-refractivity contribution is 5.79. The van der Waals surface area contributed by atoms with Gasteiger partial charge in [-0.15, -0.1) is 0 Å². The molecule has 4 nitrogen and oxygen atoms in total. The number of aliphatic imine (C=N–C) groups is 1. The van der Waals surface area contributed by atoms with Gasteiger partial charge < -0.3 is 11.5 Å². The number of Topliss-reactive ketones (excluding diaryl/α,β-unsaturated/α-hetero) is 1. The molecule has 0 saturated carbocycles. The summed E-state index contributed by atoms with van der Waals surface area (Å²) in [5.41, 5.74) is 10.1. The first kappa shape index (κ1) is 13.5. The highest BCUT2D eigenvalue weighted by Crippen LogP contribution is 1.87. The van der Waals surface area contributed by atoms with Crippen molar-refractivity contribution in [1.29, 1.82) is 0 Å². The Bertz CT molecular complexity index is 139. The van der Waals surface area contributed by atoms with Gasteiger partial charge in [-0.1, -0.05) is 20.8 Å². The molecule has 0 radical (unpaired) electrons. The average Bonchev–Trinajstić information content (AvgIpc) is 2.07. The molecule has 4 heteroatoms. The third kappa shape index (κ3) is 11.7. The van der Waals surface area contributed by atoms with Gasteiger partial charge in [-0.25, -0.2) is 0 Å². The number of carbonyl (C=O) groups is 1. The van der Waals surface area contributed by atoms with Gasteiger partial charge in [0.05, 0.1) is 0 Å². The van der Waals surface area contributed by atoms with Crippen LogP contribution < -0.4 is 11.5 Å². The number of hydrogen-bond donors (Lipinski definition) is 2. The summed E-state index contributed by atoms with van der Waals surface area (Å²) in [6, 6.07) is 0. The molecule has 0 saturated heterocycles. The Morgan fingerprint density at radius 2 is 1.83 bits per heavy atom. The number of nitrogens with two attached hydrogens (primary N) is 2. The number of nitrogens with zero attached hydrogens (tertiary/aromatic N) is 1. The lowest BCUT2D eigenvalue weighted by atomic mass is 10.2. The fourth-order valence-corrected chi connectivity index (χ4v) is 0.486. The second kappa shape index (κ2) is 9.94. The summed E-state index contributed by atoms with van der Waals surface area (Å²) >= 11 is 0. The van der Waals surface area contributed by atoms with Crippen LogP contribution in [0.25, 0.3) is 0 Å². The Kier molecular flexibility index (Phi) is 11.2. The lowest BCUT2D eigenvalue weighted by molar-refractivity contribution is -0.118. The molecular weight excluding hydrogens is 154 g/mol. The molecule has 72 valence electrons. The van der Waals surface area contributed by atoms with E-state index >= 15 is 0 Å². The summed E-state index contributed by atoms with van der Waals surface area (Å²) in [6.45, 7) is 6.23. The van der Waals surface area contributed by atoms with E-state index < -0.39 is 0 Å². The first-order valence-electron chi connectivity index (χ1n) is 4.24. The molecule has 0 aliphatic carbocycles. The van der Waals surface area contributed by atoms with Gasteiger partial charge in [0.25, 0.3) is 0 Å². The minimum Gasteiger partial charge on any atom is -0.370 e. The van der Waals surface area contributed by atoms with Gasteiger partial charge in [0, 0.05) is 19.4 Å². The first-order valence-corrected chi connectivity index (χ1v) is 4.24. The van der Waals surface area contributed by atoms with Crippen LogP contribution in [0.5, 0.6) is 0 Å². The third-order valence-corrected chi connectivity index (χ3v) is 1.08. The molecule has 0 fully saturated rings. The smallest absolute Gasteiger partial charge is 0.185 e. The van der Waals surface area contributed by atoms with Gasteiger partial charge in [0.2, 0.25) is 0 Å². The van der Waals surface area contributed by atoms with Crippen LogP contribution in [0.4, 0.5) is 0 Å². The van der Waals surface area contributed by atoms with Gasteiger partial charge in [-0.2, -0.15) is 0 Å². The lowest BCUT2D eigenvalue weighted by Crippen LogP contribution is -2.23. The number of carbonyl (C=O) groups excluding carboxylic acids is 1. The van der Waals surface area contributed by atoms with Crippen molar-refractivity contribution in [1.82, 2.24) is 0 Å². The van der Waals surface area contributed by atoms with Crippen molar-refractivity contribution in [3.8, 4) is 0 Å². The standard InChI is InChI=1S/C6H13N3O.C2H6/c1-2-5(10)3-4-9-6(7)8;1-2/h2-4H2,1H3,(H4,7,8,9);1-2H3. The molecule has 0 bridgehead atoms. The summed E-state index contributed by atoms with van der Waals surface area (Å²) in [4.78, 5) is 14.3. The Morgan fingerprint density at radius 3 is 2.17 bits per heavy atom. The van der Waals surface area contributed by atoms with Gasteiger partial charge in [-0.3, -0.25) is 9.79 Å². The van der Waals surface area contributed by atoms with E-state index in [4.69, 9.17) is 11.5 Å². The molecule has 12 heavy (non-hydrogen) atoms. The van der Waals surface area contributed by atoms with Crippen molar-refractivity contribution < 1.29 is 4.79 Å². The highest BCUT2D eigenvalue weighted by Gasteiger charge is 1.94. The monoisotopic (exact) mass is 173 g/mol. The maximum Gasteiger partial charge on any atom is 0.185 e. The van der Waals surface area contributed by atoms with Crippen molar-refractivity contribution in [2.24, 2.45) is 16.5 Å². The molecule has 0 aromatic rings. The van der Waals surface area contributed by atoms with E-state index in [1.807, 2.05) is 20.8 Å². The lowest BCUT2D eigenvalue weighted by Gasteiger charge is -1.92. The van der Waals surface area contributed by atoms with Crippen LogP contribution >= 0.6 is 0 Å². The molecule has 0 aromatic heterocycles. The third-order valence-electron chi connectivity index (χ3n) is 1.08. The minimum atomic E-state index is 0.0453. The van der Waals surface area contributed by atoms with Crippen molar-refractivity contribution in [3.63, 3.8) is 0 Å². The van der Waals surface area contributed by atoms with Gasteiger partial charge in [0.15, 0.2) is 5.96 Å². The van der Waals surface area contributed by atoms with Crippen LogP contribution in [0.3, 0.4) is 0 Å². The normalized spacial score (nSPS) is 7.92. The fraction of sp³-hybridized carbons (Fsp3) is 0.750. The number of guanidine groups is 1. The predicted molar refractivity (Wildman–Crippen MR) is 51.9 cm³/mol. The zero-order valence-corrected chi connectivity index (χ0v) is 8.13. The second-order valence-corrected chi connectivity index (χ2v) is 1.95. The Morgan fingerprint density at radius 1 is 1.33 bits per heavy atom. The van der Waals surface area contributed by atoms with Gasteiger partial charge in [-0.05, 0) is 0 Å². The van der Waals surface area contributed by atoms with Crippen LogP contribution in [-0.2, 0) is 4.79 Å². The molecule has 0 aromatic carbocycles. The van der Waals surface area contributed by atoms with Crippen LogP contribution in [0.15, 0.2) is 4.99 Å². The van der Waals surface area contributed by atoms with Crippen LogP contribution in [0.1, 0.15) is 33.6 Å². The number of rotatable bonds is 4. The van der Waals surface area contributed by atoms with Crippen LogP contribution in [0.2, 0.25) is 0 Å². The van der Waals surface area contributed by atoms with Crippen LogP contribution in [0, 0.1) is 0 Å². The highest BCUT2D eigenvalue weighted by atomic mass is 16.1. The summed E-state index contributed by atoms with van der Waals surface area (Å²) in [5.74, 6) is 0.230. The SMILES string of the molecule is CC.CCC(=O)CCN=C(N)N. The molecule has 0 rings (SSSR count). The average molecular weight is 173 g/mol. The molecular formula is C8H19N3O. The second-order valence-electron chi connectivity index (χ2n) is 1.95. The molecule has 0 heterocycles. The van der Waals surface area contributed by atoms with Crippen molar-refractivity contribution in [2.45, 2.75) is 33.6 Å². The Hall–Kier alpha value is -1.06. The van der Waals surface area contributed by atoms with Crippen LogP contribution in [-0.4, -0.2) is 18.3 Å². The summed E-state index contributed by atoms with van der Waals surface area (Å²) in [7, 11) is 0. The predicted octanol–water partition coefficient (Wildman–Crippen LogP) is 0.655. The maximum absolute atomic E-state index is 10.6. The first-order chi connectivity index (χ1) is 5.66. The molecule has 4 N–H and O–H groups in total. The van der Waals surface area contributed by atoms with Gasteiger partial charge in [0.1, 0.15) is 5.78 Å². The van der Waals surface area contributed by atoms with Crippen molar-refractivity contribution in [3.05, 3.63) is 0 Å². The molecule has 0 amide bonds. The van der Waals surface area contributed by atoms with E-state index in [-0.39, 0.29) is 11.7 Å². The number of ketones is 1. The largest absolute Gasteiger partial charge is 0.370 e. The number of hydrogen-bond acceptors (Lipinski definition) is 2. The Balaban J connectivity index is 0. The van der Waals surface area contributed by atoms with E-state index in [1.54, 1.807) is 0 Å². The van der Waals surface area contributed by atoms with E-state index in [1.165, 1.54) is 0 Å². The fourth-order valence-electron chi connectivity index (χ4n) is 0.486. The zero-order chi connectivity index (χ0) is 9.98. The molecule has 0 aliphatic rings. The topological polar surface area (TPSA) is 81.5 Å². The summed E-state index contributed by atoms with van der Waals surface area (Å²) in [6.07, 6.45) is 0.994. The molecule has 0 atom stereocenters. The quantitative estimate of drug-likeness (QED) is 0.484. The van der Waals surface area contributed by atoms with Crippen molar-refractivity contribution in [2.75, 3.05) is 6.54 Å². The van der Waals surface area contributed by atoms with Crippen molar-refractivity contribution >= 4 is 11.7 Å². The van der Waals surface area contributed by atoms with E-state index in [0.29, 0.717) is 19.4 Å². The zero-order valence-electron chi connectivity index (χ0n) is 8.13. The summed E-state index contributed by atoms with van der Waals surface area (Å²) in [5, 5.41) is 0. The van der Waals surface area contributed by atoms with E-state index in [9.17, 15) is 4.79 Å². The molecule has 0 aliphatic heterocycles. The van der Waals surface area contributed by atoms with E-state index in [2.05, 4.69) is 4.99 Å². The van der Waals surface area contributed by atoms with E-state index in [0.717, 1.165) is 0 Å². The maximum atomic E-state index is 10.6. The van der Waals surface area contributed by atoms with Gasteiger partial charge >= 0.3 is 0 Å². The molecule has 0 unspecified atom stereocenters. The molecule has 0 spiro atoms. The minimum absolute atomic E-state index is 0.0453.